The lowest BCUT2D eigenvalue weighted by Gasteiger charge is -2.41. The van der Waals surface area contributed by atoms with Crippen molar-refractivity contribution in [1.29, 1.82) is 0 Å². The first-order valence-corrected chi connectivity index (χ1v) is 30.8. The Bertz CT molecular complexity index is 2930. The lowest BCUT2D eigenvalue weighted by molar-refractivity contribution is -0.187. The summed E-state index contributed by atoms with van der Waals surface area (Å²) in [6, 6.07) is 5.56. The fourth-order valence-electron chi connectivity index (χ4n) is 11.0. The summed E-state index contributed by atoms with van der Waals surface area (Å²) in [5.74, 6) is -5.46. The van der Waals surface area contributed by atoms with Crippen LogP contribution in [0.5, 0.6) is 0 Å². The SMILES string of the molecule is C=C(CBr)C(=O)OCCCCCC(=O)C[C@H](C(=O)N[C@@H](CCCNC(N)=O)C(=O)Cc1ccc(C(=O)N(C)[C@@H](C)C(=O)O[C@H]2CC(=O)N(C)c3cc(cc(C)c3Cl)C/C(C)=C/C=C/[C@@H](OC)[C@]3(O)CC(=O)O[C@@H](C3)[C@@H](C)[C@@H]3O[C@@]23C)cc1C)C(C)C. The number of nitrogens with one attached hydrogen (secondary N) is 2. The molecule has 0 aliphatic carbocycles. The molecule has 20 nitrogen and oxygen atoms in total. The highest BCUT2D eigenvalue weighted by Gasteiger charge is 2.64. The molecule has 5 N–H and O–H groups in total. The lowest BCUT2D eigenvalue weighted by Crippen LogP contribution is -2.53. The number of methoxy groups -OCH3 is 1. The molecular formula is C64H87BrClN5O15. The number of esters is 3. The van der Waals surface area contributed by atoms with Crippen LogP contribution >= 0.6 is 27.5 Å². The van der Waals surface area contributed by atoms with Crippen LogP contribution < -0.4 is 21.3 Å². The average Bonchev–Trinajstić information content (AvgIpc) is 2.66. The van der Waals surface area contributed by atoms with E-state index in [1.165, 1.54) is 36.9 Å². The lowest BCUT2D eigenvalue weighted by atomic mass is 9.78. The number of likely N-dealkylation sites (N-methyl/N-ethyl adjacent to an activating group) is 1. The van der Waals surface area contributed by atoms with Gasteiger partial charge in [-0.15, -0.1) is 0 Å². The Morgan fingerprint density at radius 3 is 2.38 bits per heavy atom. The first kappa shape index (κ1) is 70.5. The first-order chi connectivity index (χ1) is 40.4. The average molecular weight is 1280 g/mol. The van der Waals surface area contributed by atoms with Crippen molar-refractivity contribution < 1.29 is 71.9 Å². The third-order valence-corrected chi connectivity index (χ3v) is 17.9. The molecule has 2 fully saturated rings. The van der Waals surface area contributed by atoms with Crippen molar-refractivity contribution in [2.24, 2.45) is 23.5 Å². The molecule has 86 heavy (non-hydrogen) atoms. The molecule has 472 valence electrons. The van der Waals surface area contributed by atoms with Gasteiger partial charge in [-0.3, -0.25) is 28.8 Å². The number of carbonyl (C=O) groups excluding carboxylic acids is 9. The molecule has 5 rings (SSSR count). The standard InChI is InChI=1S/C64H87BrClN5O15/c1-36(2)47(31-46(72)19-14-13-15-25-83-60(78)40(6)35-65)58(76)69-48(20-17-24-68-62(67)80)50(73)30-44-22-23-45(28-38(44)4)59(77)70(10)42(8)61(79)85-53-32-54(74)71(11)49-29-43(27-39(5)56(49)66)26-37(3)18-16-21-52(82-12)64(81)33-51(84-55(75)34-64)41(7)57-63(53,9)86-57/h16,18,21-23,27-29,36,41-42,47-48,51-53,57,81H,6,13-15,17,19-20,24-26,30-35H2,1-5,7-12H3,(H,69,76)(H3,67,68,80)/b21-16+,37-18+/t41-,42+,47+,48+,51+,52-,53+,57+,63+,64-/m1/s1. The van der Waals surface area contributed by atoms with E-state index >= 15 is 0 Å². The number of urea groups is 1. The molecule has 3 aliphatic heterocycles. The maximum absolute atomic E-state index is 14.5. The molecule has 2 saturated heterocycles. The number of unbranched alkanes of at least 4 members (excludes halogenated alkanes) is 2. The Balaban J connectivity index is 1.31. The van der Waals surface area contributed by atoms with E-state index in [0.717, 1.165) is 16.7 Å². The van der Waals surface area contributed by atoms with Crippen LogP contribution in [0.25, 0.3) is 0 Å². The second kappa shape index (κ2) is 31.6. The van der Waals surface area contributed by atoms with Crippen LogP contribution in [0.3, 0.4) is 0 Å². The number of halogens is 2. The number of nitrogens with zero attached hydrogens (tertiary/aromatic N) is 2. The fourth-order valence-corrected chi connectivity index (χ4v) is 11.5. The highest BCUT2D eigenvalue weighted by molar-refractivity contribution is 9.09. The van der Waals surface area contributed by atoms with Crippen LogP contribution in [-0.4, -0.2) is 151 Å². The number of hydrogen-bond donors (Lipinski definition) is 4. The van der Waals surface area contributed by atoms with E-state index in [1.807, 2.05) is 45.9 Å². The van der Waals surface area contributed by atoms with Gasteiger partial charge in [-0.1, -0.05) is 90.8 Å². The van der Waals surface area contributed by atoms with Gasteiger partial charge in [0.25, 0.3) is 5.91 Å². The van der Waals surface area contributed by atoms with E-state index in [9.17, 15) is 48.3 Å². The zero-order valence-corrected chi connectivity index (χ0v) is 53.9. The number of epoxide rings is 1. The van der Waals surface area contributed by atoms with Crippen molar-refractivity contribution in [2.75, 3.05) is 44.6 Å². The van der Waals surface area contributed by atoms with Crippen LogP contribution in [0.2, 0.25) is 5.02 Å². The smallest absolute Gasteiger partial charge is 0.334 e. The number of benzene rings is 2. The van der Waals surface area contributed by atoms with Gasteiger partial charge in [-0.25, -0.2) is 14.4 Å². The minimum absolute atomic E-state index is 0.000120. The number of hydrogen-bond acceptors (Lipinski definition) is 15. The van der Waals surface area contributed by atoms with Gasteiger partial charge in [0.15, 0.2) is 5.78 Å². The number of allylic oxidation sites excluding steroid dienone is 3. The van der Waals surface area contributed by atoms with Crippen molar-refractivity contribution in [3.63, 3.8) is 0 Å². The normalized spacial score (nSPS) is 24.3. The predicted molar refractivity (Wildman–Crippen MR) is 329 cm³/mol. The molecule has 0 spiro atoms. The first-order valence-electron chi connectivity index (χ1n) is 29.3. The zero-order chi connectivity index (χ0) is 64.0. The quantitative estimate of drug-likeness (QED) is 0.0183. The zero-order valence-electron chi connectivity index (χ0n) is 51.5. The molecule has 3 heterocycles. The number of alkyl halides is 1. The number of nitrogens with two attached hydrogens (primary N) is 1. The number of fused-ring (bicyclic) bond motifs is 5. The van der Waals surface area contributed by atoms with Crippen molar-refractivity contribution in [2.45, 2.75) is 180 Å². The summed E-state index contributed by atoms with van der Waals surface area (Å²) in [5, 5.41) is 18.1. The third kappa shape index (κ3) is 18.9. The number of carbonyl (C=O) groups is 9. The minimum Gasteiger partial charge on any atom is -0.462 e. The summed E-state index contributed by atoms with van der Waals surface area (Å²) in [6.07, 6.45) is 3.67. The Kier molecular flexibility index (Phi) is 25.9. The molecule has 3 aliphatic rings. The number of aliphatic hydroxyl groups is 1. The monoisotopic (exact) mass is 1280 g/mol. The topological polar surface area (TPSA) is 280 Å². The highest BCUT2D eigenvalue weighted by atomic mass is 79.9. The summed E-state index contributed by atoms with van der Waals surface area (Å²) in [4.78, 5) is 124. The maximum Gasteiger partial charge on any atom is 0.334 e. The van der Waals surface area contributed by atoms with E-state index in [2.05, 4.69) is 33.1 Å². The van der Waals surface area contributed by atoms with Gasteiger partial charge in [0.05, 0.1) is 42.3 Å². The van der Waals surface area contributed by atoms with Crippen molar-refractivity contribution in [3.8, 4) is 0 Å². The second-order valence-corrected chi connectivity index (χ2v) is 24.7. The molecule has 0 aromatic heterocycles. The van der Waals surface area contributed by atoms with E-state index in [1.54, 1.807) is 52.1 Å². The Morgan fingerprint density at radius 1 is 1.02 bits per heavy atom. The van der Waals surface area contributed by atoms with Crippen LogP contribution in [-0.2, 0) is 70.1 Å². The number of ether oxygens (including phenoxy) is 5. The van der Waals surface area contributed by atoms with Gasteiger partial charge in [0.2, 0.25) is 11.8 Å². The Labute approximate surface area is 518 Å². The number of Topliss-reactive ketones (excluding diaryl/α,β-unsaturated/α-hetero) is 2. The molecular weight excluding hydrogens is 1190 g/mol. The molecule has 5 amide bonds. The maximum atomic E-state index is 14.5. The van der Waals surface area contributed by atoms with Gasteiger partial charge >= 0.3 is 23.9 Å². The largest absolute Gasteiger partial charge is 0.462 e. The van der Waals surface area contributed by atoms with Crippen LogP contribution in [0.15, 0.2) is 66.3 Å². The molecule has 0 saturated carbocycles. The molecule has 2 aromatic carbocycles. The fraction of sp³-hybridized carbons (Fsp3) is 0.578. The molecule has 2 aromatic rings. The van der Waals surface area contributed by atoms with Crippen molar-refractivity contribution >= 4 is 86.4 Å². The molecule has 0 radical (unpaired) electrons. The van der Waals surface area contributed by atoms with Crippen LogP contribution in [0, 0.1) is 31.6 Å². The molecule has 4 bridgehead atoms. The van der Waals surface area contributed by atoms with Crippen molar-refractivity contribution in [3.05, 3.63) is 99.1 Å². The number of rotatable bonds is 25. The van der Waals surface area contributed by atoms with Gasteiger partial charge in [-0.05, 0) is 120 Å². The van der Waals surface area contributed by atoms with Gasteiger partial charge in [-0.2, -0.15) is 0 Å². The molecule has 22 heteroatoms. The van der Waals surface area contributed by atoms with Crippen LogP contribution in [0.4, 0.5) is 10.5 Å². The van der Waals surface area contributed by atoms with E-state index in [-0.39, 0.29) is 81.1 Å². The summed E-state index contributed by atoms with van der Waals surface area (Å²) in [6.45, 7) is 18.1. The summed E-state index contributed by atoms with van der Waals surface area (Å²) >= 11 is 10.0. The number of ketones is 2. The van der Waals surface area contributed by atoms with Crippen molar-refractivity contribution in [1.82, 2.24) is 15.5 Å². The van der Waals surface area contributed by atoms with E-state index in [0.29, 0.717) is 64.8 Å². The van der Waals surface area contributed by atoms with Gasteiger partial charge in [0.1, 0.15) is 41.3 Å². The Hall–Kier alpha value is -6.26. The summed E-state index contributed by atoms with van der Waals surface area (Å²) < 4.78 is 29.4. The predicted octanol–water partition coefficient (Wildman–Crippen LogP) is 8.02. The Morgan fingerprint density at radius 2 is 1.73 bits per heavy atom. The minimum atomic E-state index is -1.64. The number of anilines is 1. The number of amides is 5. The third-order valence-electron chi connectivity index (χ3n) is 16.7. The molecule has 0 unspecified atom stereocenters. The summed E-state index contributed by atoms with van der Waals surface area (Å²) in [5.41, 5.74) is 6.95. The highest BCUT2D eigenvalue weighted by Crippen LogP contribution is 2.50. The number of primary amides is 1. The summed E-state index contributed by atoms with van der Waals surface area (Å²) in [7, 11) is 4.48. The number of aryl methyl sites for hydroxylation is 2. The van der Waals surface area contributed by atoms with Crippen LogP contribution in [0.1, 0.15) is 138 Å². The van der Waals surface area contributed by atoms with Gasteiger partial charge in [0, 0.05) is 81.7 Å². The van der Waals surface area contributed by atoms with E-state index < -0.39 is 101 Å². The van der Waals surface area contributed by atoms with Gasteiger partial charge < -0.3 is 55.0 Å². The molecule has 10 atom stereocenters. The second-order valence-electron chi connectivity index (χ2n) is 23.8. The van der Waals surface area contributed by atoms with E-state index in [4.69, 9.17) is 41.0 Å².